The molecule has 0 radical (unpaired) electrons. The van der Waals surface area contributed by atoms with Crippen molar-refractivity contribution in [1.82, 2.24) is 0 Å². The number of rotatable bonds is 18. The zero-order chi connectivity index (χ0) is 51.5. The van der Waals surface area contributed by atoms with E-state index < -0.39 is 0 Å². The predicted octanol–water partition coefficient (Wildman–Crippen LogP) is 17.3. The Morgan fingerprint density at radius 3 is 1.30 bits per heavy atom. The first-order chi connectivity index (χ1) is 32.3. The van der Waals surface area contributed by atoms with E-state index >= 15 is 0 Å². The molecule has 0 aliphatic carbocycles. The van der Waals surface area contributed by atoms with Crippen molar-refractivity contribution >= 4 is 36.2 Å². The fraction of sp³-hybridized carbons (Fsp3) is 0.323. The van der Waals surface area contributed by atoms with Gasteiger partial charge in [0.1, 0.15) is 0 Å². The van der Waals surface area contributed by atoms with E-state index in [0.29, 0.717) is 25.4 Å². The topological polar surface area (TPSA) is 61.8 Å². The highest BCUT2D eigenvalue weighted by molar-refractivity contribution is 5.86. The normalized spacial score (nSPS) is 8.79. The van der Waals surface area contributed by atoms with Crippen molar-refractivity contribution in [2.75, 3.05) is 19.8 Å². The van der Waals surface area contributed by atoms with E-state index in [1.54, 1.807) is 19.9 Å². The van der Waals surface area contributed by atoms with Crippen molar-refractivity contribution in [1.29, 1.82) is 0 Å². The van der Waals surface area contributed by atoms with Crippen LogP contribution in [0.15, 0.2) is 173 Å². The minimum absolute atomic E-state index is 0.312. The van der Waals surface area contributed by atoms with E-state index in [1.807, 2.05) is 44.2 Å². The second kappa shape index (κ2) is 50.7. The number of hydrogen-bond acceptors (Lipinski definition) is 5. The van der Waals surface area contributed by atoms with Crippen LogP contribution in [0.5, 0.6) is 0 Å². The van der Waals surface area contributed by atoms with Crippen LogP contribution in [0.3, 0.4) is 0 Å². The van der Waals surface area contributed by atoms with Crippen LogP contribution in [0.4, 0.5) is 0 Å². The summed E-state index contributed by atoms with van der Waals surface area (Å²) in [5.41, 5.74) is 10.6. The number of hydrogen-bond donors (Lipinski definition) is 0. The molecule has 4 aromatic rings. The maximum absolute atomic E-state index is 10.4. The van der Waals surface area contributed by atoms with Crippen molar-refractivity contribution in [3.63, 3.8) is 0 Å². The van der Waals surface area contributed by atoms with Crippen LogP contribution in [0, 0.1) is 0 Å². The molecule has 5 nitrogen and oxygen atoms in total. The van der Waals surface area contributed by atoms with Crippen LogP contribution >= 0.6 is 0 Å². The minimum Gasteiger partial charge on any atom is -0.463 e. The minimum atomic E-state index is -0.341. The molecule has 0 aliphatic heterocycles. The SMILES string of the molecule is C=C(C)C(=O)OCC.C=CC.C=CC(=O)OCCC.C=CCC.C=Cc1ccc(CC)cc1.C=Cc1ccc(CCC)cc1.C=Cc1ccc(COCCC)cc1.C=Cc1cccc(CC)c1. The van der Waals surface area contributed by atoms with Crippen LogP contribution < -0.4 is 0 Å². The molecule has 0 bridgehead atoms. The second-order valence-corrected chi connectivity index (χ2v) is 14.3. The van der Waals surface area contributed by atoms with E-state index in [2.05, 4.69) is 194 Å². The summed E-state index contributed by atoms with van der Waals surface area (Å²) >= 11 is 0. The summed E-state index contributed by atoms with van der Waals surface area (Å²) in [4.78, 5) is 20.7. The van der Waals surface area contributed by atoms with E-state index in [0.717, 1.165) is 50.4 Å². The summed E-state index contributed by atoms with van der Waals surface area (Å²) in [5.74, 6) is -0.653. The monoisotopic (exact) mass is 913 g/mol. The highest BCUT2D eigenvalue weighted by Gasteiger charge is 1.98. The van der Waals surface area contributed by atoms with Crippen LogP contribution in [0.2, 0.25) is 0 Å². The standard InChI is InChI=1S/C12H16O.C11H14.2C10H12.2C6H10O2.C4H8.C3H6/c1-3-9-13-10-12-7-5-11(4-2)6-8-12;1-3-5-11-8-6-10(4-2)7-9-11;1-3-9-5-7-10(4-2)8-6-9;1-3-9-6-5-7-10(4-2)8-9;1-4-8-6(7)5(2)3;1-3-5-8-6(7)4-2;1-3-4-2;1-3-2/h4-8H,2-3,9-10H2,1H3;4,6-9H,2-3,5H2,1H3;2*3,5-8H,1,4H2,2H3;2,4H2,1,3H3;4H,2-3,5H2,1H3;3H,1,4H2,2H3;3H,1H2,2H3. The number of esters is 2. The molecule has 4 rings (SSSR count). The van der Waals surface area contributed by atoms with Crippen molar-refractivity contribution in [3.05, 3.63) is 218 Å². The lowest BCUT2D eigenvalue weighted by Gasteiger charge is -2.02. The van der Waals surface area contributed by atoms with Crippen molar-refractivity contribution in [3.8, 4) is 0 Å². The first-order valence-electron chi connectivity index (χ1n) is 23.5. The van der Waals surface area contributed by atoms with E-state index in [4.69, 9.17) is 4.74 Å². The van der Waals surface area contributed by atoms with Gasteiger partial charge in [0.05, 0.1) is 19.8 Å². The van der Waals surface area contributed by atoms with Gasteiger partial charge in [-0.25, -0.2) is 9.59 Å². The summed E-state index contributed by atoms with van der Waals surface area (Å²) in [6, 6.07) is 33.7. The first kappa shape index (κ1) is 67.3. The summed E-state index contributed by atoms with van der Waals surface area (Å²) in [6.45, 7) is 48.6. The highest BCUT2D eigenvalue weighted by Crippen LogP contribution is 2.09. The third-order valence-electron chi connectivity index (χ3n) is 8.33. The van der Waals surface area contributed by atoms with Gasteiger partial charge in [-0.05, 0) is 104 Å². The summed E-state index contributed by atoms with van der Waals surface area (Å²) in [5, 5.41) is 0. The number of carbonyl (C=O) groups is 2. The largest absolute Gasteiger partial charge is 0.463 e. The molecule has 0 saturated carbocycles. The van der Waals surface area contributed by atoms with E-state index in [-0.39, 0.29) is 11.9 Å². The molecule has 0 spiro atoms. The van der Waals surface area contributed by atoms with E-state index in [1.165, 1.54) is 51.8 Å². The molecule has 4 aromatic carbocycles. The average Bonchev–Trinajstić information content (AvgIpc) is 3.37. The van der Waals surface area contributed by atoms with Gasteiger partial charge >= 0.3 is 11.9 Å². The first-order valence-corrected chi connectivity index (χ1v) is 23.5. The average molecular weight is 913 g/mol. The third-order valence-corrected chi connectivity index (χ3v) is 8.33. The highest BCUT2D eigenvalue weighted by atomic mass is 16.5. The summed E-state index contributed by atoms with van der Waals surface area (Å²) in [6.07, 6.45) is 19.9. The molecule has 0 saturated heterocycles. The molecule has 0 aliphatic rings. The third kappa shape index (κ3) is 43.4. The van der Waals surface area contributed by atoms with Gasteiger partial charge in [-0.15, -0.1) is 13.2 Å². The molecule has 0 amide bonds. The molecule has 0 heterocycles. The maximum atomic E-state index is 10.4. The second-order valence-electron chi connectivity index (χ2n) is 14.3. The Labute approximate surface area is 410 Å². The maximum Gasteiger partial charge on any atom is 0.333 e. The molecule has 5 heteroatoms. The number of allylic oxidation sites excluding steroid dienone is 2. The molecule has 0 atom stereocenters. The Kier molecular flexibility index (Phi) is 50.9. The van der Waals surface area contributed by atoms with Gasteiger partial charge < -0.3 is 14.2 Å². The quantitative estimate of drug-likeness (QED) is 0.0431. The molecular weight excluding hydrogens is 825 g/mol. The predicted molar refractivity (Wildman–Crippen MR) is 298 cm³/mol. The fourth-order valence-corrected chi connectivity index (χ4v) is 4.54. The Morgan fingerprint density at radius 1 is 0.537 bits per heavy atom. The molecule has 0 unspecified atom stereocenters. The van der Waals surface area contributed by atoms with Gasteiger partial charge in [0.25, 0.3) is 0 Å². The van der Waals surface area contributed by atoms with Crippen molar-refractivity contribution < 1.29 is 23.8 Å². The number of ether oxygens (including phenoxy) is 3. The lowest BCUT2D eigenvalue weighted by molar-refractivity contribution is -0.139. The molecule has 67 heavy (non-hydrogen) atoms. The van der Waals surface area contributed by atoms with Crippen LogP contribution in [0.1, 0.15) is 133 Å². The van der Waals surface area contributed by atoms with Gasteiger partial charge in [-0.1, -0.05) is 221 Å². The number of carbonyl (C=O) groups excluding carboxylic acids is 2. The summed E-state index contributed by atoms with van der Waals surface area (Å²) < 4.78 is 14.6. The lowest BCUT2D eigenvalue weighted by atomic mass is 10.1. The molecule has 0 fully saturated rings. The zero-order valence-corrected chi connectivity index (χ0v) is 43.3. The van der Waals surface area contributed by atoms with Gasteiger partial charge in [-0.3, -0.25) is 0 Å². The number of aryl methyl sites for hydroxylation is 3. The van der Waals surface area contributed by atoms with Crippen molar-refractivity contribution in [2.45, 2.75) is 114 Å². The number of benzene rings is 4. The fourth-order valence-electron chi connectivity index (χ4n) is 4.54. The van der Waals surface area contributed by atoms with Crippen LogP contribution in [-0.4, -0.2) is 31.8 Å². The Bertz CT molecular complexity index is 1880. The smallest absolute Gasteiger partial charge is 0.333 e. The molecular formula is C62H88O5. The molecule has 0 aromatic heterocycles. The van der Waals surface area contributed by atoms with Crippen molar-refractivity contribution in [2.24, 2.45) is 0 Å². The Balaban J connectivity index is -0.000000348. The van der Waals surface area contributed by atoms with Gasteiger partial charge in [0.2, 0.25) is 0 Å². The van der Waals surface area contributed by atoms with Crippen LogP contribution in [0.25, 0.3) is 24.3 Å². The van der Waals surface area contributed by atoms with Gasteiger partial charge in [0, 0.05) is 18.3 Å². The lowest BCUT2D eigenvalue weighted by Crippen LogP contribution is -2.03. The Morgan fingerprint density at radius 2 is 0.970 bits per heavy atom. The van der Waals surface area contributed by atoms with Gasteiger partial charge in [-0.2, -0.15) is 0 Å². The van der Waals surface area contributed by atoms with E-state index in [9.17, 15) is 9.59 Å². The zero-order valence-electron chi connectivity index (χ0n) is 43.3. The summed E-state index contributed by atoms with van der Waals surface area (Å²) in [7, 11) is 0. The van der Waals surface area contributed by atoms with Gasteiger partial charge in [0.15, 0.2) is 0 Å². The Hall–Kier alpha value is -6.30. The molecule has 0 N–H and O–H groups in total. The molecule has 366 valence electrons. The van der Waals surface area contributed by atoms with Crippen LogP contribution in [-0.2, 0) is 49.7 Å².